The standard InChI is InChI=1S/C12H16O5/c1-7(12(14)15)11(13)8-4-9(16-2)6-10(5-8)17-3/h4-7,11,13H,1-3H3,(H,14,15). The van der Waals surface area contributed by atoms with E-state index >= 15 is 0 Å². The molecule has 2 N–H and O–H groups in total. The van der Waals surface area contributed by atoms with Crippen molar-refractivity contribution in [3.63, 3.8) is 0 Å². The van der Waals surface area contributed by atoms with Crippen molar-refractivity contribution in [3.8, 4) is 11.5 Å². The highest BCUT2D eigenvalue weighted by Crippen LogP contribution is 2.29. The SMILES string of the molecule is COc1cc(OC)cc(C(O)C(C)C(=O)O)c1. The van der Waals surface area contributed by atoms with Crippen molar-refractivity contribution < 1.29 is 24.5 Å². The molecule has 2 atom stereocenters. The molecular formula is C12H16O5. The Bertz CT molecular complexity index is 380. The van der Waals surface area contributed by atoms with Gasteiger partial charge < -0.3 is 19.7 Å². The third-order valence-electron chi connectivity index (χ3n) is 2.58. The summed E-state index contributed by atoms with van der Waals surface area (Å²) in [5, 5.41) is 18.8. The van der Waals surface area contributed by atoms with Crippen molar-refractivity contribution in [3.05, 3.63) is 23.8 Å². The fraction of sp³-hybridized carbons (Fsp3) is 0.417. The molecule has 5 heteroatoms. The van der Waals surface area contributed by atoms with Gasteiger partial charge in [-0.25, -0.2) is 0 Å². The number of hydrogen-bond acceptors (Lipinski definition) is 4. The van der Waals surface area contributed by atoms with Crippen molar-refractivity contribution in [2.24, 2.45) is 5.92 Å². The molecule has 0 heterocycles. The predicted molar refractivity (Wildman–Crippen MR) is 61.3 cm³/mol. The Morgan fingerprint density at radius 1 is 1.18 bits per heavy atom. The van der Waals surface area contributed by atoms with Crippen molar-refractivity contribution >= 4 is 5.97 Å². The Balaban J connectivity index is 3.07. The zero-order chi connectivity index (χ0) is 13.0. The lowest BCUT2D eigenvalue weighted by atomic mass is 9.97. The van der Waals surface area contributed by atoms with Crippen LogP contribution in [0.4, 0.5) is 0 Å². The normalized spacial score (nSPS) is 13.9. The average molecular weight is 240 g/mol. The number of aliphatic carboxylic acids is 1. The Kier molecular flexibility index (Phi) is 4.34. The summed E-state index contributed by atoms with van der Waals surface area (Å²) in [4.78, 5) is 10.8. The van der Waals surface area contributed by atoms with Crippen LogP contribution in [0.1, 0.15) is 18.6 Å². The van der Waals surface area contributed by atoms with Crippen molar-refractivity contribution in [2.45, 2.75) is 13.0 Å². The van der Waals surface area contributed by atoms with Crippen molar-refractivity contribution in [2.75, 3.05) is 14.2 Å². The van der Waals surface area contributed by atoms with Crippen molar-refractivity contribution in [1.82, 2.24) is 0 Å². The summed E-state index contributed by atoms with van der Waals surface area (Å²) in [5.41, 5.74) is 0.455. The number of rotatable bonds is 5. The molecule has 2 unspecified atom stereocenters. The molecule has 0 saturated heterocycles. The number of ether oxygens (including phenoxy) is 2. The van der Waals surface area contributed by atoms with E-state index in [0.717, 1.165) is 0 Å². The maximum atomic E-state index is 10.8. The molecule has 5 nitrogen and oxygen atoms in total. The zero-order valence-corrected chi connectivity index (χ0v) is 10.0. The molecule has 0 aromatic heterocycles. The summed E-state index contributed by atoms with van der Waals surface area (Å²) in [5.74, 6) is -0.932. The first-order valence-electron chi connectivity index (χ1n) is 5.13. The fourth-order valence-corrected chi connectivity index (χ4v) is 1.42. The maximum Gasteiger partial charge on any atom is 0.309 e. The van der Waals surface area contributed by atoms with Crippen LogP contribution in [0.2, 0.25) is 0 Å². The van der Waals surface area contributed by atoms with E-state index in [2.05, 4.69) is 0 Å². The van der Waals surface area contributed by atoms with Gasteiger partial charge in [0.1, 0.15) is 11.5 Å². The first-order valence-corrected chi connectivity index (χ1v) is 5.13. The third-order valence-corrected chi connectivity index (χ3v) is 2.58. The van der Waals surface area contributed by atoms with Crippen LogP contribution in [0.3, 0.4) is 0 Å². The zero-order valence-electron chi connectivity index (χ0n) is 10.0. The number of methoxy groups -OCH3 is 2. The van der Waals surface area contributed by atoms with Crippen LogP contribution in [0, 0.1) is 5.92 Å². The Morgan fingerprint density at radius 2 is 1.65 bits per heavy atom. The van der Waals surface area contributed by atoms with Gasteiger partial charge >= 0.3 is 5.97 Å². The van der Waals surface area contributed by atoms with E-state index in [9.17, 15) is 9.90 Å². The number of hydrogen-bond donors (Lipinski definition) is 2. The lowest BCUT2D eigenvalue weighted by Gasteiger charge is -2.17. The molecule has 1 aromatic carbocycles. The molecule has 0 aliphatic heterocycles. The number of carboxylic acid groups (broad SMARTS) is 1. The van der Waals surface area contributed by atoms with Crippen LogP contribution >= 0.6 is 0 Å². The summed E-state index contributed by atoms with van der Waals surface area (Å²) in [6, 6.07) is 4.83. The van der Waals surface area contributed by atoms with Gasteiger partial charge in [-0.1, -0.05) is 0 Å². The summed E-state index contributed by atoms with van der Waals surface area (Å²) >= 11 is 0. The van der Waals surface area contributed by atoms with E-state index in [1.54, 1.807) is 18.2 Å². The van der Waals surface area contributed by atoms with E-state index in [0.29, 0.717) is 17.1 Å². The Hall–Kier alpha value is -1.75. The number of aliphatic hydroxyl groups excluding tert-OH is 1. The van der Waals surface area contributed by atoms with E-state index in [1.807, 2.05) is 0 Å². The second-order valence-electron chi connectivity index (χ2n) is 3.72. The maximum absolute atomic E-state index is 10.8. The van der Waals surface area contributed by atoms with E-state index in [-0.39, 0.29) is 0 Å². The van der Waals surface area contributed by atoms with Gasteiger partial charge in [0.25, 0.3) is 0 Å². The van der Waals surface area contributed by atoms with Crippen LogP contribution in [-0.4, -0.2) is 30.4 Å². The van der Waals surface area contributed by atoms with Gasteiger partial charge in [0, 0.05) is 6.07 Å². The van der Waals surface area contributed by atoms with E-state index < -0.39 is 18.0 Å². The molecule has 1 aromatic rings. The molecule has 0 fully saturated rings. The molecule has 0 spiro atoms. The molecule has 0 aliphatic rings. The van der Waals surface area contributed by atoms with Gasteiger partial charge in [-0.3, -0.25) is 4.79 Å². The van der Waals surface area contributed by atoms with Gasteiger partial charge in [0.05, 0.1) is 26.2 Å². The quantitative estimate of drug-likeness (QED) is 0.814. The van der Waals surface area contributed by atoms with E-state index in [1.165, 1.54) is 21.1 Å². The largest absolute Gasteiger partial charge is 0.497 e. The minimum Gasteiger partial charge on any atom is -0.497 e. The number of benzene rings is 1. The molecule has 17 heavy (non-hydrogen) atoms. The minimum atomic E-state index is -1.10. The Morgan fingerprint density at radius 3 is 2.00 bits per heavy atom. The third kappa shape index (κ3) is 3.10. The molecule has 94 valence electrons. The highest BCUT2D eigenvalue weighted by Gasteiger charge is 2.23. The van der Waals surface area contributed by atoms with Gasteiger partial charge in [0.2, 0.25) is 0 Å². The highest BCUT2D eigenvalue weighted by atomic mass is 16.5. The highest BCUT2D eigenvalue weighted by molar-refractivity contribution is 5.70. The predicted octanol–water partition coefficient (Wildman–Crippen LogP) is 1.46. The minimum absolute atomic E-state index is 0.455. The topological polar surface area (TPSA) is 76.0 Å². The average Bonchev–Trinajstić information content (AvgIpc) is 2.35. The van der Waals surface area contributed by atoms with Gasteiger partial charge in [-0.05, 0) is 24.6 Å². The van der Waals surface area contributed by atoms with Gasteiger partial charge in [0.15, 0.2) is 0 Å². The van der Waals surface area contributed by atoms with Crippen LogP contribution < -0.4 is 9.47 Å². The van der Waals surface area contributed by atoms with Crippen LogP contribution in [-0.2, 0) is 4.79 Å². The summed E-state index contributed by atoms with van der Waals surface area (Å²) in [6.45, 7) is 1.44. The molecule has 0 amide bonds. The number of carbonyl (C=O) groups is 1. The molecular weight excluding hydrogens is 224 g/mol. The van der Waals surface area contributed by atoms with Crippen molar-refractivity contribution in [1.29, 1.82) is 0 Å². The second kappa shape index (κ2) is 5.54. The van der Waals surface area contributed by atoms with E-state index in [4.69, 9.17) is 14.6 Å². The monoisotopic (exact) mass is 240 g/mol. The number of aliphatic hydroxyl groups is 1. The van der Waals surface area contributed by atoms with Crippen LogP contribution in [0.25, 0.3) is 0 Å². The van der Waals surface area contributed by atoms with Gasteiger partial charge in [-0.2, -0.15) is 0 Å². The molecule has 0 aliphatic carbocycles. The lowest BCUT2D eigenvalue weighted by molar-refractivity contribution is -0.145. The Labute approximate surface area is 99.6 Å². The van der Waals surface area contributed by atoms with Gasteiger partial charge in [-0.15, -0.1) is 0 Å². The van der Waals surface area contributed by atoms with Crippen LogP contribution in [0.5, 0.6) is 11.5 Å². The first-order chi connectivity index (χ1) is 7.99. The second-order valence-corrected chi connectivity index (χ2v) is 3.72. The van der Waals surface area contributed by atoms with Crippen LogP contribution in [0.15, 0.2) is 18.2 Å². The first kappa shape index (κ1) is 13.3. The molecule has 0 bridgehead atoms. The summed E-state index contributed by atoms with van der Waals surface area (Å²) in [7, 11) is 2.98. The molecule has 1 rings (SSSR count). The molecule has 0 saturated carbocycles. The smallest absolute Gasteiger partial charge is 0.309 e. The summed E-state index contributed by atoms with van der Waals surface area (Å²) < 4.78 is 10.1. The summed E-state index contributed by atoms with van der Waals surface area (Å²) in [6.07, 6.45) is -1.10. The fourth-order valence-electron chi connectivity index (χ4n) is 1.42. The number of carboxylic acids is 1. The molecule has 0 radical (unpaired) electrons. The lowest BCUT2D eigenvalue weighted by Crippen LogP contribution is -2.18.